The predicted molar refractivity (Wildman–Crippen MR) is 244 cm³/mol. The van der Waals surface area contributed by atoms with Crippen LogP contribution in [0, 0.1) is 20.8 Å². The Morgan fingerprint density at radius 2 is 1.10 bits per heavy atom. The molecule has 0 aliphatic heterocycles. The van der Waals surface area contributed by atoms with Crippen LogP contribution in [0.5, 0.6) is 0 Å². The van der Waals surface area contributed by atoms with E-state index in [9.17, 15) is 17.6 Å². The molecule has 0 radical (unpaired) electrons. The van der Waals surface area contributed by atoms with E-state index in [4.69, 9.17) is 12.2 Å². The van der Waals surface area contributed by atoms with Crippen molar-refractivity contribution in [2.75, 3.05) is 5.32 Å². The van der Waals surface area contributed by atoms with Crippen LogP contribution in [0.1, 0.15) is 63.0 Å². The zero-order valence-corrected chi connectivity index (χ0v) is 37.4. The Bertz CT molecular complexity index is 1830. The van der Waals surface area contributed by atoms with Crippen LogP contribution in [-0.4, -0.2) is 22.5 Å². The molecule has 0 spiro atoms. The maximum Gasteiger partial charge on any atom is 2.00 e. The van der Waals surface area contributed by atoms with E-state index in [0.29, 0.717) is 11.6 Å². The van der Waals surface area contributed by atoms with E-state index in [-0.39, 0.29) is 71.7 Å². The van der Waals surface area contributed by atoms with Gasteiger partial charge in [0.15, 0.2) is 5.11 Å². The summed E-state index contributed by atoms with van der Waals surface area (Å²) in [5.41, 5.74) is 0.520. The molecule has 0 saturated heterocycles. The number of hydrogen-bond donors (Lipinski definition) is 2. The molecule has 0 amide bonds. The third-order valence-corrected chi connectivity index (χ3v) is 16.6. The molecule has 59 heavy (non-hydrogen) atoms. The first kappa shape index (κ1) is 53.8. The molecule has 12 heteroatoms. The minimum Gasteiger partial charge on any atom is -0.360 e. The van der Waals surface area contributed by atoms with E-state index >= 15 is 0 Å². The van der Waals surface area contributed by atoms with Crippen LogP contribution in [0.15, 0.2) is 140 Å². The summed E-state index contributed by atoms with van der Waals surface area (Å²) in [6, 6.07) is 46.6. The van der Waals surface area contributed by atoms with Gasteiger partial charge in [0, 0.05) is 11.7 Å². The normalized spacial score (nSPS) is 16.4. The van der Waals surface area contributed by atoms with E-state index in [2.05, 4.69) is 127 Å². The molecule has 320 valence electrons. The molecule has 5 aromatic rings. The largest absolute Gasteiger partial charge is 2.00 e. The minimum atomic E-state index is -4.56. The monoisotopic (exact) mass is 912 g/mol. The number of benzene rings is 5. The summed E-state index contributed by atoms with van der Waals surface area (Å²) in [7, 11) is -0.743. The summed E-state index contributed by atoms with van der Waals surface area (Å²) < 4.78 is 52.9. The second kappa shape index (κ2) is 26.2. The Labute approximate surface area is 366 Å². The van der Waals surface area contributed by atoms with Crippen LogP contribution in [-0.2, 0) is 29.9 Å². The number of anilines is 1. The van der Waals surface area contributed by atoms with Crippen molar-refractivity contribution < 1.29 is 44.0 Å². The summed E-state index contributed by atoms with van der Waals surface area (Å²) in [6.07, 6.45) is 4.38. The van der Waals surface area contributed by atoms with Gasteiger partial charge in [-0.3, -0.25) is 9.41 Å². The van der Waals surface area contributed by atoms with Gasteiger partial charge in [-0.2, -0.15) is 13.2 Å². The first-order valence-electron chi connectivity index (χ1n) is 18.8. The molecule has 2 nitrogen and oxygen atoms in total. The molecule has 3 atom stereocenters. The standard InChI is InChI=1S/C28H29F4N2PS.C17H19P.2CH3.2FH.Fe/c1-19(33-27(36)34-22-16-20(18-29)15-21(17-22)28(30,31)32)25-13-8-14-26(25)35(23-9-4-2-5-10-23)24-11-6-3-7-12-24;1-3-9-15(10-4-1)18(17-13-7-8-14-17)16-11-5-2-6-12-16;;;;;/h2-7,9-12,15-17,19,25-26H,8,13-14,18H2,1H3,(H2,33,34,36);1-6,9-12,17H,7-8,13-14H2;2*1H3;2*1H;/q;;2*-1;;;+2/t19-,25?,26?;;;;;;/m1....../s1. The van der Waals surface area contributed by atoms with E-state index in [1.165, 1.54) is 42.4 Å². The van der Waals surface area contributed by atoms with E-state index < -0.39 is 26.3 Å². The molecule has 0 bridgehead atoms. The van der Waals surface area contributed by atoms with Crippen LogP contribution in [0.4, 0.5) is 32.7 Å². The van der Waals surface area contributed by atoms with Gasteiger partial charge in [-0.25, -0.2) is 4.39 Å². The van der Waals surface area contributed by atoms with Crippen molar-refractivity contribution in [2.24, 2.45) is 5.92 Å². The van der Waals surface area contributed by atoms with Gasteiger partial charge in [0.05, 0.1) is 5.56 Å². The fourth-order valence-electron chi connectivity index (χ4n) is 7.98. The van der Waals surface area contributed by atoms with Crippen LogP contribution < -0.4 is 31.9 Å². The molecular formula is C47H56F6FeN2P2S. The Morgan fingerprint density at radius 3 is 1.53 bits per heavy atom. The van der Waals surface area contributed by atoms with Crippen LogP contribution in [0.3, 0.4) is 0 Å². The quantitative estimate of drug-likeness (QED) is 0.0480. The Balaban J connectivity index is 0.000000644. The Morgan fingerprint density at radius 1 is 0.661 bits per heavy atom. The number of hydrogen-bond acceptors (Lipinski definition) is 1. The average Bonchev–Trinajstić information content (AvgIpc) is 3.90. The fourth-order valence-corrected chi connectivity index (χ4v) is 14.6. The molecule has 2 fully saturated rings. The predicted octanol–water partition coefficient (Wildman–Crippen LogP) is 12.4. The number of alkyl halides is 4. The summed E-state index contributed by atoms with van der Waals surface area (Å²) >= 11 is 5.46. The third kappa shape index (κ3) is 14.7. The molecular weight excluding hydrogens is 856 g/mol. The summed E-state index contributed by atoms with van der Waals surface area (Å²) in [4.78, 5) is 0. The average molecular weight is 913 g/mol. The van der Waals surface area contributed by atoms with Crippen molar-refractivity contribution in [2.45, 2.75) is 82.1 Å². The van der Waals surface area contributed by atoms with Gasteiger partial charge in [-0.1, -0.05) is 141 Å². The van der Waals surface area contributed by atoms with Gasteiger partial charge < -0.3 is 25.5 Å². The smallest absolute Gasteiger partial charge is 0.360 e. The van der Waals surface area contributed by atoms with Gasteiger partial charge in [-0.15, -0.1) is 0 Å². The summed E-state index contributed by atoms with van der Waals surface area (Å²) in [5, 5.41) is 12.2. The van der Waals surface area contributed by atoms with Gasteiger partial charge in [-0.05, 0) is 123 Å². The molecule has 2 saturated carbocycles. The van der Waals surface area contributed by atoms with Crippen molar-refractivity contribution in [1.29, 1.82) is 0 Å². The van der Waals surface area contributed by atoms with Crippen LogP contribution in [0.25, 0.3) is 0 Å². The molecule has 2 N–H and O–H groups in total. The van der Waals surface area contributed by atoms with Gasteiger partial charge in [0.25, 0.3) is 0 Å². The number of halogens is 6. The first-order chi connectivity index (χ1) is 26.2. The van der Waals surface area contributed by atoms with E-state index in [1.807, 2.05) is 12.1 Å². The van der Waals surface area contributed by atoms with Crippen molar-refractivity contribution in [1.82, 2.24) is 5.32 Å². The second-order valence-corrected chi connectivity index (χ2v) is 19.5. The van der Waals surface area contributed by atoms with Crippen LogP contribution >= 0.6 is 28.1 Å². The van der Waals surface area contributed by atoms with Gasteiger partial charge >= 0.3 is 23.2 Å². The zero-order valence-electron chi connectivity index (χ0n) is 33.7. The van der Waals surface area contributed by atoms with E-state index in [0.717, 1.165) is 37.1 Å². The molecule has 5 aromatic carbocycles. The molecule has 2 aliphatic carbocycles. The van der Waals surface area contributed by atoms with E-state index in [1.54, 1.807) is 10.6 Å². The first-order valence-corrected chi connectivity index (χ1v) is 22.1. The summed E-state index contributed by atoms with van der Waals surface area (Å²) in [5.74, 6) is 0.346. The summed E-state index contributed by atoms with van der Waals surface area (Å²) in [6.45, 7) is 1.10. The van der Waals surface area contributed by atoms with Gasteiger partial charge in [0.2, 0.25) is 0 Å². The SMILES string of the molecule is C[C@@H](NC(=S)Nc1cc(CF)cc(C(F)(F)F)c1)C1CCCC1P(c1ccccc1)c1ccccc1.F.F.[CH3-].[CH3-].[Fe+2].c1ccc(P(c2ccccc2)C2CCCC2)cc1. The van der Waals surface area contributed by atoms with Crippen LogP contribution in [0.2, 0.25) is 0 Å². The number of nitrogens with one attached hydrogen (secondary N) is 2. The topological polar surface area (TPSA) is 24.1 Å². The maximum absolute atomic E-state index is 13.2. The zero-order chi connectivity index (χ0) is 37.9. The Kier molecular flexibility index (Phi) is 23.8. The Hall–Kier alpha value is -3.25. The molecule has 7 rings (SSSR count). The number of thiocarbonyl (C=S) groups is 1. The van der Waals surface area contributed by atoms with Crippen molar-refractivity contribution in [3.8, 4) is 0 Å². The second-order valence-electron chi connectivity index (χ2n) is 14.1. The number of rotatable bonds is 10. The molecule has 0 aromatic heterocycles. The maximum atomic E-state index is 13.2. The minimum absolute atomic E-state index is 0. The molecule has 0 heterocycles. The molecule has 2 aliphatic rings. The van der Waals surface area contributed by atoms with Crippen molar-refractivity contribution >= 4 is 60.1 Å². The van der Waals surface area contributed by atoms with Gasteiger partial charge in [0.1, 0.15) is 6.67 Å². The van der Waals surface area contributed by atoms with Crippen molar-refractivity contribution in [3.05, 3.63) is 166 Å². The van der Waals surface area contributed by atoms with Crippen molar-refractivity contribution in [3.63, 3.8) is 0 Å². The molecule has 2 unspecified atom stereocenters. The third-order valence-electron chi connectivity index (χ3n) is 10.4. The fraction of sp³-hybridized carbons (Fsp3) is 0.298.